The number of piperidine rings is 1. The maximum Gasteiger partial charge on any atom is 0.255 e. The topological polar surface area (TPSA) is 62.5 Å². The number of nitrogens with one attached hydrogen (secondary N) is 1. The van der Waals surface area contributed by atoms with E-state index in [0.717, 1.165) is 42.4 Å². The van der Waals surface area contributed by atoms with Gasteiger partial charge in [-0.05, 0) is 49.9 Å². The van der Waals surface area contributed by atoms with E-state index in [0.29, 0.717) is 18.0 Å². The van der Waals surface area contributed by atoms with E-state index in [-0.39, 0.29) is 5.91 Å². The van der Waals surface area contributed by atoms with Crippen molar-refractivity contribution in [3.05, 3.63) is 59.7 Å². The smallest absolute Gasteiger partial charge is 0.255 e. The third-order valence-electron chi connectivity index (χ3n) is 5.15. The molecule has 6 nitrogen and oxygen atoms in total. The average Bonchev–Trinajstić information content (AvgIpc) is 3.11. The number of aryl methyl sites for hydroxylation is 1. The molecule has 1 fully saturated rings. The molecule has 1 aliphatic rings. The van der Waals surface area contributed by atoms with Gasteiger partial charge in [-0.1, -0.05) is 13.0 Å². The van der Waals surface area contributed by atoms with Crippen molar-refractivity contribution in [3.63, 3.8) is 0 Å². The second-order valence-electron chi connectivity index (χ2n) is 7.41. The van der Waals surface area contributed by atoms with Crippen molar-refractivity contribution in [1.82, 2.24) is 19.3 Å². The lowest BCUT2D eigenvalue weighted by Crippen LogP contribution is -2.39. The van der Waals surface area contributed by atoms with E-state index in [1.807, 2.05) is 35.4 Å². The summed E-state index contributed by atoms with van der Waals surface area (Å²) in [7, 11) is 0. The van der Waals surface area contributed by atoms with Gasteiger partial charge < -0.3 is 14.6 Å². The quantitative estimate of drug-likeness (QED) is 0.770. The van der Waals surface area contributed by atoms with Gasteiger partial charge in [0.25, 0.3) is 5.91 Å². The van der Waals surface area contributed by atoms with E-state index >= 15 is 0 Å². The first-order valence-electron chi connectivity index (χ1n) is 9.53. The number of likely N-dealkylation sites (tertiary alicyclic amines) is 1. The van der Waals surface area contributed by atoms with Crippen LogP contribution in [0.5, 0.6) is 0 Å². The number of imidazole rings is 1. The maximum absolute atomic E-state index is 12.6. The van der Waals surface area contributed by atoms with Crippen LogP contribution in [0.15, 0.2) is 42.7 Å². The van der Waals surface area contributed by atoms with E-state index in [1.165, 1.54) is 6.42 Å². The van der Waals surface area contributed by atoms with Crippen LogP contribution in [-0.2, 0) is 6.54 Å². The first kappa shape index (κ1) is 17.5. The van der Waals surface area contributed by atoms with Crippen LogP contribution in [0, 0.1) is 12.8 Å². The molecule has 1 atom stereocenters. The van der Waals surface area contributed by atoms with Gasteiger partial charge in [0.2, 0.25) is 0 Å². The van der Waals surface area contributed by atoms with Crippen LogP contribution in [0.1, 0.15) is 41.5 Å². The molecule has 1 saturated heterocycles. The number of amides is 1. The summed E-state index contributed by atoms with van der Waals surface area (Å²) in [5.74, 6) is 1.40. The minimum atomic E-state index is 0.0800. The van der Waals surface area contributed by atoms with Crippen molar-refractivity contribution in [2.24, 2.45) is 5.92 Å². The minimum absolute atomic E-state index is 0.0800. The second-order valence-corrected chi connectivity index (χ2v) is 7.41. The minimum Gasteiger partial charge on any atom is -0.364 e. The molecule has 0 saturated carbocycles. The number of aromatic nitrogens is 3. The van der Waals surface area contributed by atoms with Gasteiger partial charge in [0.15, 0.2) is 0 Å². The number of fused-ring (bicyclic) bond motifs is 1. The van der Waals surface area contributed by atoms with Crippen LogP contribution in [0.2, 0.25) is 0 Å². The van der Waals surface area contributed by atoms with Gasteiger partial charge in [0.05, 0.1) is 17.8 Å². The summed E-state index contributed by atoms with van der Waals surface area (Å²) in [6.45, 7) is 6.53. The second kappa shape index (κ2) is 7.39. The Kier molecular flexibility index (Phi) is 4.79. The molecule has 0 unspecified atom stereocenters. The average molecular weight is 363 g/mol. The Labute approximate surface area is 159 Å². The molecule has 0 aliphatic carbocycles. The van der Waals surface area contributed by atoms with Crippen molar-refractivity contribution in [2.75, 3.05) is 18.4 Å². The van der Waals surface area contributed by atoms with Crippen molar-refractivity contribution in [2.45, 2.75) is 33.2 Å². The van der Waals surface area contributed by atoms with Gasteiger partial charge in [-0.25, -0.2) is 9.97 Å². The Morgan fingerprint density at radius 1 is 1.30 bits per heavy atom. The summed E-state index contributed by atoms with van der Waals surface area (Å²) >= 11 is 0. The van der Waals surface area contributed by atoms with E-state index in [9.17, 15) is 4.79 Å². The normalized spacial score (nSPS) is 17.3. The third kappa shape index (κ3) is 3.79. The zero-order valence-electron chi connectivity index (χ0n) is 15.9. The van der Waals surface area contributed by atoms with Crippen molar-refractivity contribution in [3.8, 4) is 0 Å². The van der Waals surface area contributed by atoms with Crippen molar-refractivity contribution >= 4 is 17.4 Å². The molecule has 140 valence electrons. The van der Waals surface area contributed by atoms with Crippen LogP contribution in [0.25, 0.3) is 5.65 Å². The lowest BCUT2D eigenvalue weighted by atomic mass is 10.00. The molecule has 4 heterocycles. The molecule has 3 aromatic rings. The number of rotatable bonds is 4. The molecular formula is C21H25N5O. The van der Waals surface area contributed by atoms with Crippen LogP contribution < -0.4 is 5.32 Å². The number of nitrogens with zero attached hydrogens (tertiary/aromatic N) is 4. The molecule has 0 aromatic carbocycles. The molecule has 6 heteroatoms. The number of hydrogen-bond acceptors (Lipinski definition) is 4. The fourth-order valence-electron chi connectivity index (χ4n) is 3.65. The Morgan fingerprint density at radius 2 is 2.19 bits per heavy atom. The molecule has 1 aliphatic heterocycles. The first-order valence-corrected chi connectivity index (χ1v) is 9.53. The Bertz CT molecular complexity index is 947. The van der Waals surface area contributed by atoms with Crippen LogP contribution in [0.3, 0.4) is 0 Å². The summed E-state index contributed by atoms with van der Waals surface area (Å²) in [5, 5.41) is 3.28. The maximum atomic E-state index is 12.6. The summed E-state index contributed by atoms with van der Waals surface area (Å²) in [6, 6.07) is 9.78. The molecule has 1 amide bonds. The highest BCUT2D eigenvalue weighted by Crippen LogP contribution is 2.18. The van der Waals surface area contributed by atoms with Crippen molar-refractivity contribution < 1.29 is 4.79 Å². The number of pyridine rings is 2. The highest BCUT2D eigenvalue weighted by molar-refractivity contribution is 5.94. The molecule has 4 rings (SSSR count). The van der Waals surface area contributed by atoms with Crippen LogP contribution >= 0.6 is 0 Å². The molecule has 1 N–H and O–H groups in total. The number of hydrogen-bond donors (Lipinski definition) is 1. The van der Waals surface area contributed by atoms with E-state index < -0.39 is 0 Å². The molecular weight excluding hydrogens is 338 g/mol. The Morgan fingerprint density at radius 3 is 2.93 bits per heavy atom. The van der Waals surface area contributed by atoms with Gasteiger partial charge in [-0.3, -0.25) is 4.79 Å². The summed E-state index contributed by atoms with van der Waals surface area (Å²) in [6.07, 6.45) is 5.98. The van der Waals surface area contributed by atoms with Gasteiger partial charge in [-0.2, -0.15) is 0 Å². The highest BCUT2D eigenvalue weighted by Gasteiger charge is 2.22. The monoisotopic (exact) mass is 363 g/mol. The molecule has 0 bridgehead atoms. The van der Waals surface area contributed by atoms with Gasteiger partial charge in [0.1, 0.15) is 11.5 Å². The number of carbonyl (C=O) groups excluding carboxylic acids is 1. The standard InChI is InChI=1S/C21H25N5O/c1-15-5-4-10-25(13-15)21(27)17-8-9-19(22-11-17)23-12-18-14-26-16(2)6-3-7-20(26)24-18/h3,6-9,11,14-15H,4-5,10,12-13H2,1-2H3,(H,22,23)/t15-/m0/s1. The molecule has 0 radical (unpaired) electrons. The van der Waals surface area contributed by atoms with Crippen LogP contribution in [-0.4, -0.2) is 38.3 Å². The summed E-state index contributed by atoms with van der Waals surface area (Å²) in [4.78, 5) is 23.6. The third-order valence-corrected chi connectivity index (χ3v) is 5.15. The molecule has 3 aromatic heterocycles. The lowest BCUT2D eigenvalue weighted by molar-refractivity contribution is 0.0682. The molecule has 27 heavy (non-hydrogen) atoms. The Hall–Kier alpha value is -2.89. The van der Waals surface area contributed by atoms with E-state index in [1.54, 1.807) is 6.20 Å². The van der Waals surface area contributed by atoms with Gasteiger partial charge in [0, 0.05) is 31.2 Å². The summed E-state index contributed by atoms with van der Waals surface area (Å²) < 4.78 is 2.08. The largest absolute Gasteiger partial charge is 0.364 e. The molecule has 0 spiro atoms. The summed E-state index contributed by atoms with van der Waals surface area (Å²) in [5.41, 5.74) is 3.70. The SMILES string of the molecule is Cc1cccc2nc(CNc3ccc(C(=O)N4CCC[C@H](C)C4)cn3)cn12. The highest BCUT2D eigenvalue weighted by atomic mass is 16.2. The zero-order valence-corrected chi connectivity index (χ0v) is 15.9. The van der Waals surface area contributed by atoms with E-state index in [4.69, 9.17) is 0 Å². The van der Waals surface area contributed by atoms with Gasteiger partial charge in [-0.15, -0.1) is 0 Å². The van der Waals surface area contributed by atoms with Crippen molar-refractivity contribution in [1.29, 1.82) is 0 Å². The lowest BCUT2D eigenvalue weighted by Gasteiger charge is -2.30. The Balaban J connectivity index is 1.40. The predicted octanol–water partition coefficient (Wildman–Crippen LogP) is 3.52. The number of anilines is 1. The zero-order chi connectivity index (χ0) is 18.8. The fraction of sp³-hybridized carbons (Fsp3) is 0.381. The van der Waals surface area contributed by atoms with Gasteiger partial charge >= 0.3 is 0 Å². The van der Waals surface area contributed by atoms with E-state index in [2.05, 4.69) is 39.6 Å². The van der Waals surface area contributed by atoms with Crippen LogP contribution in [0.4, 0.5) is 5.82 Å². The predicted molar refractivity (Wildman–Crippen MR) is 106 cm³/mol. The fourth-order valence-corrected chi connectivity index (χ4v) is 3.65. The number of carbonyl (C=O) groups is 1. The first-order chi connectivity index (χ1) is 13.1.